The largest absolute Gasteiger partial charge is 0.383 e. The molecule has 1 rings (SSSR count). The first-order valence-electron chi connectivity index (χ1n) is 6.19. The third-order valence-corrected chi connectivity index (χ3v) is 3.10. The number of nitrogens with two attached hydrogens (primary N) is 1. The Morgan fingerprint density at radius 2 is 1.85 bits per heavy atom. The van der Waals surface area contributed by atoms with Crippen molar-refractivity contribution in [3.63, 3.8) is 0 Å². The Labute approximate surface area is 114 Å². The molecule has 1 atom stereocenters. The summed E-state index contributed by atoms with van der Waals surface area (Å²) in [5, 5.41) is 0. The summed E-state index contributed by atoms with van der Waals surface area (Å²) < 4.78 is 54.8. The van der Waals surface area contributed by atoms with Crippen molar-refractivity contribution in [1.82, 2.24) is 9.80 Å². The van der Waals surface area contributed by atoms with Crippen molar-refractivity contribution in [1.29, 1.82) is 0 Å². The fraction of sp³-hybridized carbons (Fsp3) is 0.909. The van der Waals surface area contributed by atoms with Crippen LogP contribution in [0.15, 0.2) is 0 Å². The summed E-state index contributed by atoms with van der Waals surface area (Å²) in [5.41, 5.74) is 5.59. The Kier molecular flexibility index (Phi) is 6.15. The van der Waals surface area contributed by atoms with Gasteiger partial charge in [0.25, 0.3) is 0 Å². The van der Waals surface area contributed by atoms with Crippen LogP contribution in [0.3, 0.4) is 0 Å². The lowest BCUT2D eigenvalue weighted by molar-refractivity contribution is -0.149. The molecule has 118 valence electrons. The molecule has 0 spiro atoms. The Hall–Kier alpha value is -0.930. The summed E-state index contributed by atoms with van der Waals surface area (Å²) in [6.07, 6.45) is -3.68. The molecule has 9 heteroatoms. The number of carbonyl (C=O) groups is 1. The van der Waals surface area contributed by atoms with Crippen molar-refractivity contribution < 1.29 is 27.1 Å². The molecule has 1 amide bonds. The van der Waals surface area contributed by atoms with Gasteiger partial charge in [-0.05, 0) is 0 Å². The lowest BCUT2D eigenvalue weighted by atomic mass is 10.2. The van der Waals surface area contributed by atoms with Gasteiger partial charge in [0.15, 0.2) is 0 Å². The second kappa shape index (κ2) is 7.19. The quantitative estimate of drug-likeness (QED) is 0.702. The lowest BCUT2D eigenvalue weighted by Crippen LogP contribution is -2.56. The summed E-state index contributed by atoms with van der Waals surface area (Å²) in [6, 6.07) is -0.797. The van der Waals surface area contributed by atoms with Gasteiger partial charge in [0.1, 0.15) is 6.04 Å². The van der Waals surface area contributed by atoms with Crippen LogP contribution in [0.2, 0.25) is 0 Å². The number of rotatable bonds is 6. The fourth-order valence-corrected chi connectivity index (χ4v) is 1.98. The second-order valence-corrected chi connectivity index (χ2v) is 4.72. The zero-order valence-electron chi connectivity index (χ0n) is 11.2. The number of methoxy groups -OCH3 is 1. The van der Waals surface area contributed by atoms with Gasteiger partial charge in [-0.1, -0.05) is 0 Å². The zero-order valence-corrected chi connectivity index (χ0v) is 11.2. The highest BCUT2D eigenvalue weighted by Crippen LogP contribution is 2.24. The number of ether oxygens (including phenoxy) is 1. The van der Waals surface area contributed by atoms with E-state index in [-0.39, 0.29) is 38.7 Å². The van der Waals surface area contributed by atoms with E-state index < -0.39 is 24.9 Å². The minimum atomic E-state index is -4.03. The maximum Gasteiger partial charge on any atom is 0.319 e. The third-order valence-electron chi connectivity index (χ3n) is 3.10. The van der Waals surface area contributed by atoms with Gasteiger partial charge >= 0.3 is 12.3 Å². The zero-order chi connectivity index (χ0) is 15.3. The van der Waals surface area contributed by atoms with Crippen LogP contribution < -0.4 is 5.73 Å². The predicted octanol–water partition coefficient (Wildman–Crippen LogP) is 0.00470. The number of alkyl halides is 4. The first-order valence-corrected chi connectivity index (χ1v) is 6.19. The van der Waals surface area contributed by atoms with Crippen LogP contribution in [0, 0.1) is 0 Å². The highest BCUT2D eigenvalue weighted by Gasteiger charge is 2.42. The number of hydrogen-bond acceptors (Lipinski definition) is 4. The highest BCUT2D eigenvalue weighted by molar-refractivity contribution is 5.81. The number of hydrogen-bond donors (Lipinski definition) is 1. The van der Waals surface area contributed by atoms with Gasteiger partial charge in [-0.25, -0.2) is 8.78 Å². The van der Waals surface area contributed by atoms with E-state index in [2.05, 4.69) is 0 Å². The van der Waals surface area contributed by atoms with E-state index in [0.29, 0.717) is 0 Å². The van der Waals surface area contributed by atoms with Crippen LogP contribution in [0.5, 0.6) is 0 Å². The molecule has 5 nitrogen and oxygen atoms in total. The summed E-state index contributed by atoms with van der Waals surface area (Å²) in [4.78, 5) is 14.5. The van der Waals surface area contributed by atoms with Crippen LogP contribution in [0.4, 0.5) is 17.6 Å². The maximum atomic E-state index is 12.9. The van der Waals surface area contributed by atoms with Gasteiger partial charge in [-0.3, -0.25) is 9.69 Å². The molecule has 2 N–H and O–H groups in total. The molecule has 0 radical (unpaired) electrons. The first-order chi connectivity index (χ1) is 9.27. The van der Waals surface area contributed by atoms with E-state index in [1.807, 2.05) is 0 Å². The Morgan fingerprint density at radius 1 is 1.30 bits per heavy atom. The van der Waals surface area contributed by atoms with Crippen LogP contribution in [-0.4, -0.2) is 80.5 Å². The maximum absolute atomic E-state index is 12.9. The topological polar surface area (TPSA) is 58.8 Å². The molecule has 0 aromatic rings. The van der Waals surface area contributed by atoms with Crippen molar-refractivity contribution in [2.75, 3.05) is 46.4 Å². The summed E-state index contributed by atoms with van der Waals surface area (Å²) in [7, 11) is 1.41. The summed E-state index contributed by atoms with van der Waals surface area (Å²) in [5.74, 6) is -4.36. The molecule has 1 heterocycles. The average Bonchev–Trinajstić information content (AvgIpc) is 2.38. The van der Waals surface area contributed by atoms with E-state index in [0.717, 1.165) is 0 Å². The number of halogens is 4. The smallest absolute Gasteiger partial charge is 0.319 e. The molecule has 1 aliphatic rings. The van der Waals surface area contributed by atoms with Crippen LogP contribution in [-0.2, 0) is 9.53 Å². The first kappa shape index (κ1) is 17.1. The second-order valence-electron chi connectivity index (χ2n) is 4.72. The molecular weight excluding hydrogens is 282 g/mol. The molecule has 1 fully saturated rings. The minimum Gasteiger partial charge on any atom is -0.383 e. The van der Waals surface area contributed by atoms with E-state index in [1.54, 1.807) is 0 Å². The molecule has 0 aliphatic carbocycles. The van der Waals surface area contributed by atoms with Crippen LogP contribution >= 0.6 is 0 Å². The average molecular weight is 301 g/mol. The van der Waals surface area contributed by atoms with Gasteiger partial charge in [-0.15, -0.1) is 0 Å². The number of nitrogens with zero attached hydrogens (tertiary/aromatic N) is 2. The molecule has 20 heavy (non-hydrogen) atoms. The molecular formula is C11H19F4N3O2. The number of amides is 1. The van der Waals surface area contributed by atoms with Crippen LogP contribution in [0.1, 0.15) is 0 Å². The molecule has 1 aliphatic heterocycles. The Balaban J connectivity index is 2.42. The summed E-state index contributed by atoms with van der Waals surface area (Å²) in [6.45, 7) is -0.314. The normalized spacial score (nSPS) is 19.4. The minimum absolute atomic E-state index is 0.0719. The van der Waals surface area contributed by atoms with E-state index >= 15 is 0 Å². The molecule has 1 unspecified atom stereocenters. The number of piperazine rings is 1. The third kappa shape index (κ3) is 4.57. The van der Waals surface area contributed by atoms with E-state index in [9.17, 15) is 22.4 Å². The molecule has 0 aromatic heterocycles. The summed E-state index contributed by atoms with van der Waals surface area (Å²) >= 11 is 0. The lowest BCUT2D eigenvalue weighted by Gasteiger charge is -2.37. The fourth-order valence-electron chi connectivity index (χ4n) is 1.98. The van der Waals surface area contributed by atoms with Gasteiger partial charge in [-0.2, -0.15) is 8.78 Å². The van der Waals surface area contributed by atoms with Crippen LogP contribution in [0.25, 0.3) is 0 Å². The van der Waals surface area contributed by atoms with E-state index in [1.165, 1.54) is 16.9 Å². The van der Waals surface area contributed by atoms with Crippen molar-refractivity contribution >= 4 is 5.91 Å². The van der Waals surface area contributed by atoms with Gasteiger partial charge in [0, 0.05) is 33.3 Å². The molecule has 1 saturated heterocycles. The van der Waals surface area contributed by atoms with Gasteiger partial charge in [0.05, 0.1) is 13.2 Å². The van der Waals surface area contributed by atoms with Crippen molar-refractivity contribution in [3.8, 4) is 0 Å². The van der Waals surface area contributed by atoms with Gasteiger partial charge < -0.3 is 15.4 Å². The Bertz CT molecular complexity index is 323. The Morgan fingerprint density at radius 3 is 2.30 bits per heavy atom. The van der Waals surface area contributed by atoms with Crippen molar-refractivity contribution in [2.24, 2.45) is 5.73 Å². The SMILES string of the molecule is COCC(N)C(=O)N1CCN(CC(F)(F)C(F)F)CC1. The highest BCUT2D eigenvalue weighted by atomic mass is 19.3. The van der Waals surface area contributed by atoms with E-state index in [4.69, 9.17) is 10.5 Å². The molecule has 0 saturated carbocycles. The predicted molar refractivity (Wildman–Crippen MR) is 63.8 cm³/mol. The number of carbonyl (C=O) groups excluding carboxylic acids is 1. The molecule has 0 aromatic carbocycles. The molecule has 0 bridgehead atoms. The van der Waals surface area contributed by atoms with Crippen molar-refractivity contribution in [3.05, 3.63) is 0 Å². The van der Waals surface area contributed by atoms with Gasteiger partial charge in [0.2, 0.25) is 5.91 Å². The monoisotopic (exact) mass is 301 g/mol. The standard InChI is InChI=1S/C11H19F4N3O2/c1-20-6-8(16)9(19)18-4-2-17(3-5-18)7-11(14,15)10(12)13/h8,10H,2-7,16H2,1H3. The van der Waals surface area contributed by atoms with Crippen molar-refractivity contribution in [2.45, 2.75) is 18.4 Å².